The van der Waals surface area contributed by atoms with Crippen LogP contribution in [-0.4, -0.2) is 63.2 Å². The van der Waals surface area contributed by atoms with Gasteiger partial charge in [0.1, 0.15) is 5.60 Å². The molecule has 0 saturated carbocycles. The van der Waals surface area contributed by atoms with Gasteiger partial charge in [-0.2, -0.15) is 12.6 Å². The lowest BCUT2D eigenvalue weighted by atomic mass is 9.93. The number of thiol groups is 1. The van der Waals surface area contributed by atoms with Crippen LogP contribution in [0.2, 0.25) is 0 Å². The molecule has 0 aliphatic carbocycles. The fourth-order valence-corrected chi connectivity index (χ4v) is 4.00. The molecule has 2 heterocycles. The number of hydroxylamine groups is 1. The van der Waals surface area contributed by atoms with Crippen molar-refractivity contribution in [3.05, 3.63) is 35.5 Å². The number of fused-ring (bicyclic) bond motifs is 3. The summed E-state index contributed by atoms with van der Waals surface area (Å²) < 4.78 is 18.1. The van der Waals surface area contributed by atoms with Crippen LogP contribution >= 0.6 is 12.6 Å². The highest BCUT2D eigenvalue weighted by Crippen LogP contribution is 2.42. The van der Waals surface area contributed by atoms with Gasteiger partial charge in [0.2, 0.25) is 0 Å². The predicted octanol–water partition coefficient (Wildman–Crippen LogP) is 3.23. The van der Waals surface area contributed by atoms with E-state index in [1.165, 1.54) is 4.90 Å². The number of ether oxygens (including phenoxy) is 2. The van der Waals surface area contributed by atoms with Crippen molar-refractivity contribution in [1.82, 2.24) is 14.9 Å². The third-order valence-corrected chi connectivity index (χ3v) is 4.97. The van der Waals surface area contributed by atoms with Gasteiger partial charge >= 0.3 is 28.7 Å². The van der Waals surface area contributed by atoms with Gasteiger partial charge in [-0.25, -0.2) is 15.1 Å². The Kier molecular flexibility index (Phi) is 8.86. The van der Waals surface area contributed by atoms with Gasteiger partial charge in [-0.15, -0.1) is 0 Å². The van der Waals surface area contributed by atoms with Gasteiger partial charge < -0.3 is 17.9 Å². The van der Waals surface area contributed by atoms with E-state index in [1.54, 1.807) is 34.0 Å². The Morgan fingerprint density at radius 2 is 1.90 bits per heavy atom. The summed E-state index contributed by atoms with van der Waals surface area (Å²) >= 11 is 5.68. The monoisotopic (exact) mass is 463 g/mol. The first-order chi connectivity index (χ1) is 14.7. The van der Waals surface area contributed by atoms with E-state index in [0.29, 0.717) is 0 Å². The number of carbonyl (C=O) groups is 2. The number of aryl methyl sites for hydroxylation is 1. The van der Waals surface area contributed by atoms with Crippen LogP contribution in [0.1, 0.15) is 51.0 Å². The molecule has 8 nitrogen and oxygen atoms in total. The molecule has 1 aromatic heterocycles. The number of hydrogen-bond donors (Lipinski definition) is 2. The van der Waals surface area contributed by atoms with E-state index >= 15 is 0 Å². The molecule has 1 N–H and O–H groups in total. The summed E-state index contributed by atoms with van der Waals surface area (Å²) in [6.07, 6.45) is 1.12. The first-order valence-corrected chi connectivity index (χ1v) is 11.4. The molecule has 2 unspecified atom stereocenters. The molecule has 2 atom stereocenters. The molecule has 0 saturated heterocycles. The zero-order valence-corrected chi connectivity index (χ0v) is 20.9. The Bertz CT molecular complexity index is 928. The highest BCUT2D eigenvalue weighted by molar-refractivity contribution is 7.79. The molecule has 1 amide bonds. The number of nitrogens with zero attached hydrogens (tertiary/aromatic N) is 2. The molecule has 2 radical (unpaired) electrons. The van der Waals surface area contributed by atoms with E-state index in [9.17, 15) is 9.59 Å². The maximum Gasteiger partial charge on any atom is 0.411 e. The van der Waals surface area contributed by atoms with Gasteiger partial charge in [0.15, 0.2) is 6.04 Å². The van der Waals surface area contributed by atoms with Crippen molar-refractivity contribution in [2.24, 2.45) is 7.05 Å². The Balaban J connectivity index is 0.00000166. The van der Waals surface area contributed by atoms with Gasteiger partial charge in [0, 0.05) is 35.8 Å². The minimum Gasteiger partial charge on any atom is -0.464 e. The second-order valence-electron chi connectivity index (χ2n) is 7.95. The summed E-state index contributed by atoms with van der Waals surface area (Å²) in [5.41, 5.74) is 4.76. The summed E-state index contributed by atoms with van der Waals surface area (Å²) in [5, 5.41) is 0.881. The van der Waals surface area contributed by atoms with Gasteiger partial charge in [-0.3, -0.25) is 4.90 Å². The van der Waals surface area contributed by atoms with Crippen LogP contribution in [0.5, 0.6) is 0 Å². The molecular weight excluding hydrogens is 433 g/mol. The van der Waals surface area contributed by atoms with Crippen molar-refractivity contribution in [3.8, 4) is 0 Å². The number of aromatic nitrogens is 1. The quantitative estimate of drug-likeness (QED) is 0.314. The summed E-state index contributed by atoms with van der Waals surface area (Å²) in [7, 11) is 1.93. The van der Waals surface area contributed by atoms with Gasteiger partial charge in [0.25, 0.3) is 0 Å². The van der Waals surface area contributed by atoms with Gasteiger partial charge in [0.05, 0.1) is 12.6 Å². The number of rotatable bonds is 4. The zero-order valence-electron chi connectivity index (χ0n) is 18.8. The molecule has 10 heteroatoms. The van der Waals surface area contributed by atoms with Gasteiger partial charge in [-0.05, 0) is 40.0 Å². The van der Waals surface area contributed by atoms with Crippen molar-refractivity contribution in [1.29, 1.82) is 0 Å². The molecule has 1 aliphatic rings. The molecular formula is C21H30AlN3O5S. The normalized spacial score (nSPS) is 18.1. The van der Waals surface area contributed by atoms with Crippen molar-refractivity contribution in [2.45, 2.75) is 45.4 Å². The average Bonchev–Trinajstić information content (AvgIpc) is 3.02. The SMILES string of the molecule is CCOC(=O)C1c2c(n(C)c3ccccc23)C(N[O][Al])CN1C(=O)OC(C)(C)C.CS. The molecule has 0 bridgehead atoms. The summed E-state index contributed by atoms with van der Waals surface area (Å²) in [4.78, 5) is 27.5. The summed E-state index contributed by atoms with van der Waals surface area (Å²) in [6.45, 7) is 7.52. The molecule has 0 fully saturated rings. The van der Waals surface area contributed by atoms with Crippen LogP contribution in [0.4, 0.5) is 4.79 Å². The maximum absolute atomic E-state index is 13.1. The van der Waals surface area contributed by atoms with E-state index in [2.05, 4.69) is 34.7 Å². The first-order valence-electron chi connectivity index (χ1n) is 9.99. The average molecular weight is 464 g/mol. The molecule has 168 valence electrons. The van der Waals surface area contributed by atoms with E-state index < -0.39 is 23.7 Å². The molecule has 0 spiro atoms. The Labute approximate surface area is 197 Å². The van der Waals surface area contributed by atoms with Crippen LogP contribution in [0, 0.1) is 0 Å². The minimum atomic E-state index is -0.909. The van der Waals surface area contributed by atoms with Gasteiger partial charge in [-0.1, -0.05) is 18.2 Å². The number of carbonyl (C=O) groups excluding carboxylic acids is 2. The third kappa shape index (κ3) is 5.38. The van der Waals surface area contributed by atoms with Crippen LogP contribution in [0.3, 0.4) is 0 Å². The molecule has 31 heavy (non-hydrogen) atoms. The summed E-state index contributed by atoms with van der Waals surface area (Å²) in [5.74, 6) is -0.485. The number of esters is 1. The fraction of sp³-hybridized carbons (Fsp3) is 0.524. The van der Waals surface area contributed by atoms with E-state index in [1.807, 2.05) is 35.9 Å². The summed E-state index contributed by atoms with van der Waals surface area (Å²) in [6, 6.07) is 6.50. The van der Waals surface area contributed by atoms with Crippen molar-refractivity contribution in [3.63, 3.8) is 0 Å². The lowest BCUT2D eigenvalue weighted by molar-refractivity contribution is -0.150. The maximum atomic E-state index is 13.1. The predicted molar refractivity (Wildman–Crippen MR) is 123 cm³/mol. The standard InChI is InChI=1S/C20H26N3O5.CH4S.Al/c1-6-27-18(24)17-15-12-9-7-8-10-14(12)22(5)16(15)13(21-26)11-23(17)19(25)28-20(2,3)4;1-2;/h7-10,13,17,21H,6,11H2,1-5H3;2H,1H3;/q-1;;+1. The lowest BCUT2D eigenvalue weighted by Crippen LogP contribution is -2.50. The number of benzene rings is 1. The second kappa shape index (κ2) is 10.7. The van der Waals surface area contributed by atoms with Crippen LogP contribution in [0.15, 0.2) is 24.3 Å². The molecule has 1 aliphatic heterocycles. The number of amides is 1. The fourth-order valence-electron chi connectivity index (χ4n) is 3.84. The Morgan fingerprint density at radius 1 is 1.26 bits per heavy atom. The zero-order chi connectivity index (χ0) is 23.3. The smallest absolute Gasteiger partial charge is 0.411 e. The molecule has 2 aromatic rings. The molecule has 3 rings (SSSR count). The minimum absolute atomic E-state index is 0.184. The Morgan fingerprint density at radius 3 is 2.48 bits per heavy atom. The van der Waals surface area contributed by atoms with Crippen molar-refractivity contribution >= 4 is 52.2 Å². The third-order valence-electron chi connectivity index (χ3n) is 4.84. The van der Waals surface area contributed by atoms with E-state index in [-0.39, 0.29) is 19.2 Å². The molecule has 1 aromatic carbocycles. The van der Waals surface area contributed by atoms with Crippen molar-refractivity contribution in [2.75, 3.05) is 19.4 Å². The van der Waals surface area contributed by atoms with E-state index in [0.717, 1.165) is 22.2 Å². The van der Waals surface area contributed by atoms with Crippen LogP contribution < -0.4 is 5.48 Å². The number of para-hydroxylation sites is 1. The van der Waals surface area contributed by atoms with Crippen molar-refractivity contribution < 1.29 is 23.0 Å². The highest BCUT2D eigenvalue weighted by atomic mass is 32.1. The largest absolute Gasteiger partial charge is 0.464 e. The highest BCUT2D eigenvalue weighted by Gasteiger charge is 2.45. The van der Waals surface area contributed by atoms with E-state index in [4.69, 9.17) is 13.4 Å². The topological polar surface area (TPSA) is 82.0 Å². The Hall–Kier alpha value is -1.70. The van der Waals surface area contributed by atoms with Crippen LogP contribution in [-0.2, 0) is 25.2 Å². The lowest BCUT2D eigenvalue weighted by Gasteiger charge is -2.39. The van der Waals surface area contributed by atoms with Crippen LogP contribution in [0.25, 0.3) is 10.9 Å². The number of hydrogen-bond acceptors (Lipinski definition) is 7. The first kappa shape index (κ1) is 25.6. The second-order valence-corrected chi connectivity index (χ2v) is 8.19. The number of nitrogens with one attached hydrogen (secondary N) is 1.